The van der Waals surface area contributed by atoms with Crippen molar-refractivity contribution in [3.63, 3.8) is 0 Å². The fourth-order valence-electron chi connectivity index (χ4n) is 1.63. The summed E-state index contributed by atoms with van der Waals surface area (Å²) in [6, 6.07) is 8.06. The first-order valence-electron chi connectivity index (χ1n) is 4.67. The van der Waals surface area contributed by atoms with E-state index in [2.05, 4.69) is 29.5 Å². The van der Waals surface area contributed by atoms with Gasteiger partial charge in [-0.1, -0.05) is 29.8 Å². The molecule has 1 heterocycles. The summed E-state index contributed by atoms with van der Waals surface area (Å²) in [7, 11) is 0. The van der Waals surface area contributed by atoms with Gasteiger partial charge in [-0.05, 0) is 18.6 Å². The lowest BCUT2D eigenvalue weighted by atomic mass is 10.2. The molecular formula is C12H12ClN. The van der Waals surface area contributed by atoms with E-state index in [9.17, 15) is 0 Å². The minimum atomic E-state index is 0.816. The fourth-order valence-corrected chi connectivity index (χ4v) is 1.92. The molecule has 0 fully saturated rings. The second kappa shape index (κ2) is 3.89. The summed E-state index contributed by atoms with van der Waals surface area (Å²) in [6.07, 6.45) is 4.96. The van der Waals surface area contributed by atoms with E-state index in [1.54, 1.807) is 0 Å². The van der Waals surface area contributed by atoms with E-state index in [0.717, 1.165) is 23.5 Å². The number of halogens is 1. The van der Waals surface area contributed by atoms with Crippen molar-refractivity contribution in [1.82, 2.24) is 4.57 Å². The Balaban J connectivity index is 2.50. The summed E-state index contributed by atoms with van der Waals surface area (Å²) in [6.45, 7) is 4.66. The molecule has 72 valence electrons. The predicted octanol–water partition coefficient (Wildman–Crippen LogP) is 3.87. The maximum atomic E-state index is 6.14. The molecular weight excluding hydrogens is 194 g/mol. The summed E-state index contributed by atoms with van der Waals surface area (Å²) in [5.74, 6) is 0. The second-order valence-electron chi connectivity index (χ2n) is 3.26. The van der Waals surface area contributed by atoms with Crippen LogP contribution in [-0.4, -0.2) is 4.57 Å². The first-order valence-corrected chi connectivity index (χ1v) is 5.05. The van der Waals surface area contributed by atoms with Gasteiger partial charge < -0.3 is 4.57 Å². The average molecular weight is 206 g/mol. The van der Waals surface area contributed by atoms with Crippen LogP contribution in [0.1, 0.15) is 6.42 Å². The molecule has 0 saturated carbocycles. The van der Waals surface area contributed by atoms with Crippen LogP contribution in [0.15, 0.2) is 43.1 Å². The average Bonchev–Trinajstić information content (AvgIpc) is 2.59. The summed E-state index contributed by atoms with van der Waals surface area (Å²) in [5.41, 5.74) is 1.12. The van der Waals surface area contributed by atoms with Crippen LogP contribution in [-0.2, 0) is 6.54 Å². The first kappa shape index (κ1) is 9.35. The van der Waals surface area contributed by atoms with Crippen LogP contribution in [0.2, 0.25) is 5.02 Å². The zero-order chi connectivity index (χ0) is 9.97. The molecule has 0 aliphatic rings. The van der Waals surface area contributed by atoms with Gasteiger partial charge in [-0.25, -0.2) is 0 Å². The lowest BCUT2D eigenvalue weighted by Gasteiger charge is -2.04. The van der Waals surface area contributed by atoms with Crippen LogP contribution in [0.25, 0.3) is 10.9 Å². The van der Waals surface area contributed by atoms with Crippen LogP contribution >= 0.6 is 11.6 Å². The molecule has 1 aromatic carbocycles. The molecule has 14 heavy (non-hydrogen) atoms. The monoisotopic (exact) mass is 205 g/mol. The van der Waals surface area contributed by atoms with Gasteiger partial charge in [0, 0.05) is 18.1 Å². The van der Waals surface area contributed by atoms with Crippen LogP contribution in [0.3, 0.4) is 0 Å². The normalized spacial score (nSPS) is 10.6. The highest BCUT2D eigenvalue weighted by Crippen LogP contribution is 2.24. The van der Waals surface area contributed by atoms with Gasteiger partial charge in [0.05, 0.1) is 10.5 Å². The number of para-hydroxylation sites is 1. The van der Waals surface area contributed by atoms with Gasteiger partial charge in [-0.15, -0.1) is 6.58 Å². The summed E-state index contributed by atoms with van der Waals surface area (Å²) < 4.78 is 2.17. The standard InChI is InChI=1S/C12H12ClN/c1-2-3-8-14-9-7-10-5-4-6-11(13)12(10)14/h2,4-7,9H,1,3,8H2. The first-order chi connectivity index (χ1) is 6.83. The predicted molar refractivity (Wildman–Crippen MR) is 61.8 cm³/mol. The molecule has 0 aliphatic carbocycles. The minimum Gasteiger partial charge on any atom is -0.346 e. The van der Waals surface area contributed by atoms with Crippen molar-refractivity contribution in [3.05, 3.63) is 48.1 Å². The topological polar surface area (TPSA) is 4.93 Å². The third-order valence-corrected chi connectivity index (χ3v) is 2.62. The summed E-state index contributed by atoms with van der Waals surface area (Å²) in [5, 5.41) is 2.01. The van der Waals surface area contributed by atoms with E-state index in [4.69, 9.17) is 11.6 Å². The van der Waals surface area contributed by atoms with Crippen LogP contribution in [0.4, 0.5) is 0 Å². The van der Waals surface area contributed by atoms with Gasteiger partial charge >= 0.3 is 0 Å². The van der Waals surface area contributed by atoms with E-state index in [1.165, 1.54) is 5.39 Å². The van der Waals surface area contributed by atoms with E-state index in [0.29, 0.717) is 0 Å². The zero-order valence-electron chi connectivity index (χ0n) is 7.91. The molecule has 0 spiro atoms. The third-order valence-electron chi connectivity index (χ3n) is 2.31. The molecule has 2 aromatic rings. The Kier molecular flexibility index (Phi) is 2.60. The molecule has 1 nitrogen and oxygen atoms in total. The number of benzene rings is 1. The number of allylic oxidation sites excluding steroid dienone is 1. The Morgan fingerprint density at radius 1 is 1.36 bits per heavy atom. The van der Waals surface area contributed by atoms with Gasteiger partial charge in [0.15, 0.2) is 0 Å². The lowest BCUT2D eigenvalue weighted by Crippen LogP contribution is -1.94. The van der Waals surface area contributed by atoms with Gasteiger partial charge in [-0.3, -0.25) is 0 Å². The van der Waals surface area contributed by atoms with Crippen molar-refractivity contribution in [2.75, 3.05) is 0 Å². The number of aromatic nitrogens is 1. The van der Waals surface area contributed by atoms with E-state index in [1.807, 2.05) is 18.2 Å². The van der Waals surface area contributed by atoms with E-state index >= 15 is 0 Å². The molecule has 0 saturated heterocycles. The molecule has 2 heteroatoms. The number of aryl methyl sites for hydroxylation is 1. The highest BCUT2D eigenvalue weighted by atomic mass is 35.5. The maximum absolute atomic E-state index is 6.14. The number of fused-ring (bicyclic) bond motifs is 1. The number of hydrogen-bond donors (Lipinski definition) is 0. The SMILES string of the molecule is C=CCCn1ccc2cccc(Cl)c21. The smallest absolute Gasteiger partial charge is 0.0669 e. The summed E-state index contributed by atoms with van der Waals surface area (Å²) in [4.78, 5) is 0. The highest BCUT2D eigenvalue weighted by molar-refractivity contribution is 6.35. The van der Waals surface area contributed by atoms with Gasteiger partial charge in [0.1, 0.15) is 0 Å². The molecule has 0 radical (unpaired) electrons. The van der Waals surface area contributed by atoms with Crippen molar-refractivity contribution < 1.29 is 0 Å². The van der Waals surface area contributed by atoms with Crippen molar-refractivity contribution in [3.8, 4) is 0 Å². The second-order valence-corrected chi connectivity index (χ2v) is 3.67. The largest absolute Gasteiger partial charge is 0.346 e. The zero-order valence-corrected chi connectivity index (χ0v) is 8.67. The van der Waals surface area contributed by atoms with Crippen molar-refractivity contribution >= 4 is 22.5 Å². The maximum Gasteiger partial charge on any atom is 0.0669 e. The summed E-state index contributed by atoms with van der Waals surface area (Å²) >= 11 is 6.14. The number of rotatable bonds is 3. The molecule has 0 amide bonds. The van der Waals surface area contributed by atoms with Crippen LogP contribution in [0, 0.1) is 0 Å². The number of nitrogens with zero attached hydrogens (tertiary/aromatic N) is 1. The van der Waals surface area contributed by atoms with Crippen LogP contribution in [0.5, 0.6) is 0 Å². The molecule has 2 rings (SSSR count). The fraction of sp³-hybridized carbons (Fsp3) is 0.167. The Labute approximate surface area is 88.6 Å². The van der Waals surface area contributed by atoms with Crippen molar-refractivity contribution in [2.45, 2.75) is 13.0 Å². The van der Waals surface area contributed by atoms with Crippen molar-refractivity contribution in [1.29, 1.82) is 0 Å². The molecule has 0 aliphatic heterocycles. The quantitative estimate of drug-likeness (QED) is 0.671. The van der Waals surface area contributed by atoms with Gasteiger partial charge in [0.2, 0.25) is 0 Å². The van der Waals surface area contributed by atoms with E-state index < -0.39 is 0 Å². The Morgan fingerprint density at radius 2 is 2.21 bits per heavy atom. The van der Waals surface area contributed by atoms with E-state index in [-0.39, 0.29) is 0 Å². The number of hydrogen-bond acceptors (Lipinski definition) is 0. The van der Waals surface area contributed by atoms with Gasteiger partial charge in [0.25, 0.3) is 0 Å². The van der Waals surface area contributed by atoms with Crippen molar-refractivity contribution in [2.24, 2.45) is 0 Å². The third kappa shape index (κ3) is 1.55. The highest BCUT2D eigenvalue weighted by Gasteiger charge is 2.03. The molecule has 0 N–H and O–H groups in total. The van der Waals surface area contributed by atoms with Crippen LogP contribution < -0.4 is 0 Å². The Morgan fingerprint density at radius 3 is 3.00 bits per heavy atom. The minimum absolute atomic E-state index is 0.816. The Hall–Kier alpha value is -1.21. The van der Waals surface area contributed by atoms with Gasteiger partial charge in [-0.2, -0.15) is 0 Å². The Bertz CT molecular complexity index is 456. The lowest BCUT2D eigenvalue weighted by molar-refractivity contribution is 0.739. The molecule has 0 bridgehead atoms. The molecule has 0 unspecified atom stereocenters. The molecule has 1 aromatic heterocycles. The molecule has 0 atom stereocenters.